The quantitative estimate of drug-likeness (QED) is 0.774. The van der Waals surface area contributed by atoms with Crippen LogP contribution >= 0.6 is 0 Å². The van der Waals surface area contributed by atoms with Gasteiger partial charge in [-0.1, -0.05) is 44.2 Å². The molecule has 0 unspecified atom stereocenters. The number of hydrogen-bond donors (Lipinski definition) is 0. The summed E-state index contributed by atoms with van der Waals surface area (Å²) in [6, 6.07) is 10.8. The molecule has 1 aromatic carbocycles. The topological polar surface area (TPSA) is 32.8 Å². The highest BCUT2D eigenvalue weighted by Gasteiger charge is 2.45. The third kappa shape index (κ3) is 4.91. The fraction of sp³-hybridized carbons (Fsp3) is 0.696. The van der Waals surface area contributed by atoms with E-state index in [9.17, 15) is 4.79 Å². The van der Waals surface area contributed by atoms with E-state index in [4.69, 9.17) is 4.74 Å². The molecule has 0 radical (unpaired) electrons. The van der Waals surface area contributed by atoms with E-state index in [1.165, 1.54) is 5.56 Å². The highest BCUT2D eigenvalue weighted by atomic mass is 16.5. The van der Waals surface area contributed by atoms with Crippen LogP contribution in [0.4, 0.5) is 0 Å². The van der Waals surface area contributed by atoms with E-state index in [1.807, 2.05) is 0 Å². The number of benzene rings is 1. The molecule has 0 bridgehead atoms. The first kappa shape index (κ1) is 20.3. The number of carbonyl (C=O) groups is 1. The Hall–Kier alpha value is -1.39. The molecule has 1 aromatic rings. The number of hydrogen-bond acceptors (Lipinski definition) is 3. The molecule has 0 aromatic heterocycles. The standard InChI is InChI=1S/C23H36N2O2/c1-5-25(19(4)26)21-15-22(20-9-7-6-8-10-20)27-23(16-21)11-13-24(14-12-23)17-18(2)3/h6-10,18,21-22H,5,11-17H2,1-4H3/t21-,22-/m0/s1. The molecule has 0 aliphatic carbocycles. The molecular formula is C23H36N2O2. The Bertz CT molecular complexity index is 608. The maximum atomic E-state index is 12.2. The fourth-order valence-electron chi connectivity index (χ4n) is 4.99. The van der Waals surface area contributed by atoms with E-state index in [1.54, 1.807) is 6.92 Å². The zero-order chi connectivity index (χ0) is 19.4. The summed E-state index contributed by atoms with van der Waals surface area (Å²) in [6.45, 7) is 12.5. The van der Waals surface area contributed by atoms with Crippen molar-refractivity contribution in [3.63, 3.8) is 0 Å². The molecule has 2 saturated heterocycles. The Morgan fingerprint density at radius 2 is 1.93 bits per heavy atom. The zero-order valence-corrected chi connectivity index (χ0v) is 17.5. The van der Waals surface area contributed by atoms with E-state index in [0.29, 0.717) is 5.92 Å². The van der Waals surface area contributed by atoms with Gasteiger partial charge in [0, 0.05) is 39.1 Å². The molecule has 0 saturated carbocycles. The van der Waals surface area contributed by atoms with Gasteiger partial charge < -0.3 is 14.5 Å². The van der Waals surface area contributed by atoms with Crippen molar-refractivity contribution in [3.8, 4) is 0 Å². The van der Waals surface area contributed by atoms with Gasteiger partial charge in [-0.3, -0.25) is 4.79 Å². The van der Waals surface area contributed by atoms with Crippen molar-refractivity contribution in [1.82, 2.24) is 9.80 Å². The number of carbonyl (C=O) groups excluding carboxylic acids is 1. The highest BCUT2D eigenvalue weighted by Crippen LogP contribution is 2.44. The second-order valence-electron chi connectivity index (χ2n) is 8.79. The first-order chi connectivity index (χ1) is 12.9. The van der Waals surface area contributed by atoms with Crippen LogP contribution in [0.5, 0.6) is 0 Å². The molecule has 4 nitrogen and oxygen atoms in total. The third-order valence-electron chi connectivity index (χ3n) is 6.23. The number of likely N-dealkylation sites (tertiary alicyclic amines) is 1. The van der Waals surface area contributed by atoms with Gasteiger partial charge in [0.2, 0.25) is 5.91 Å². The smallest absolute Gasteiger partial charge is 0.219 e. The van der Waals surface area contributed by atoms with Gasteiger partial charge in [0.25, 0.3) is 0 Å². The van der Waals surface area contributed by atoms with Crippen molar-refractivity contribution in [1.29, 1.82) is 0 Å². The Balaban J connectivity index is 1.80. The average Bonchev–Trinajstić information content (AvgIpc) is 2.64. The van der Waals surface area contributed by atoms with Gasteiger partial charge in [0.05, 0.1) is 11.7 Å². The number of nitrogens with zero attached hydrogens (tertiary/aromatic N) is 2. The van der Waals surface area contributed by atoms with Gasteiger partial charge >= 0.3 is 0 Å². The van der Waals surface area contributed by atoms with Crippen LogP contribution in [-0.2, 0) is 9.53 Å². The minimum absolute atomic E-state index is 0.0787. The van der Waals surface area contributed by atoms with Gasteiger partial charge in [-0.2, -0.15) is 0 Å². The molecule has 2 aliphatic rings. The van der Waals surface area contributed by atoms with E-state index in [2.05, 4.69) is 60.9 Å². The molecule has 2 fully saturated rings. The molecule has 27 heavy (non-hydrogen) atoms. The summed E-state index contributed by atoms with van der Waals surface area (Å²) in [6.07, 6.45) is 4.08. The van der Waals surface area contributed by atoms with Crippen LogP contribution in [0, 0.1) is 5.92 Å². The second-order valence-corrected chi connectivity index (χ2v) is 8.79. The summed E-state index contributed by atoms with van der Waals surface area (Å²) in [5.74, 6) is 0.882. The molecule has 1 spiro atoms. The highest BCUT2D eigenvalue weighted by molar-refractivity contribution is 5.73. The van der Waals surface area contributed by atoms with E-state index < -0.39 is 0 Å². The molecule has 2 atom stereocenters. The fourth-order valence-corrected chi connectivity index (χ4v) is 4.99. The molecule has 4 heteroatoms. The summed E-state index contributed by atoms with van der Waals surface area (Å²) >= 11 is 0. The molecule has 2 aliphatic heterocycles. The molecule has 0 N–H and O–H groups in total. The summed E-state index contributed by atoms with van der Waals surface area (Å²) in [5, 5.41) is 0. The molecule has 150 valence electrons. The Labute approximate surface area is 164 Å². The van der Waals surface area contributed by atoms with Crippen molar-refractivity contribution < 1.29 is 9.53 Å². The first-order valence-corrected chi connectivity index (χ1v) is 10.6. The minimum Gasteiger partial charge on any atom is -0.367 e. The SMILES string of the molecule is CCN(C(C)=O)[C@H]1C[C@@H](c2ccccc2)OC2(CCN(CC(C)C)CC2)C1. The largest absolute Gasteiger partial charge is 0.367 e. The van der Waals surface area contributed by atoms with Crippen molar-refractivity contribution in [2.24, 2.45) is 5.92 Å². The Morgan fingerprint density at radius 3 is 2.48 bits per heavy atom. The summed E-state index contributed by atoms with van der Waals surface area (Å²) in [5.41, 5.74) is 1.14. The maximum absolute atomic E-state index is 12.2. The van der Waals surface area contributed by atoms with Crippen molar-refractivity contribution in [2.45, 2.75) is 71.1 Å². The van der Waals surface area contributed by atoms with Crippen LogP contribution in [-0.4, -0.2) is 53.5 Å². The predicted molar refractivity (Wildman–Crippen MR) is 110 cm³/mol. The number of rotatable bonds is 5. The van der Waals surface area contributed by atoms with Crippen molar-refractivity contribution >= 4 is 5.91 Å². The number of piperidine rings is 1. The third-order valence-corrected chi connectivity index (χ3v) is 6.23. The lowest BCUT2D eigenvalue weighted by atomic mass is 9.79. The maximum Gasteiger partial charge on any atom is 0.219 e. The molecule has 2 heterocycles. The van der Waals surface area contributed by atoms with Gasteiger partial charge in [-0.05, 0) is 44.1 Å². The van der Waals surface area contributed by atoms with Crippen LogP contribution in [0.15, 0.2) is 30.3 Å². The first-order valence-electron chi connectivity index (χ1n) is 10.6. The summed E-state index contributed by atoms with van der Waals surface area (Å²) in [7, 11) is 0. The average molecular weight is 373 g/mol. The zero-order valence-electron chi connectivity index (χ0n) is 17.5. The van der Waals surface area contributed by atoms with Crippen LogP contribution in [0.3, 0.4) is 0 Å². The molecule has 1 amide bonds. The van der Waals surface area contributed by atoms with Crippen molar-refractivity contribution in [2.75, 3.05) is 26.2 Å². The monoisotopic (exact) mass is 372 g/mol. The van der Waals surface area contributed by atoms with E-state index in [0.717, 1.165) is 51.9 Å². The van der Waals surface area contributed by atoms with E-state index in [-0.39, 0.29) is 23.7 Å². The van der Waals surface area contributed by atoms with Crippen LogP contribution in [0.25, 0.3) is 0 Å². The van der Waals surface area contributed by atoms with Gasteiger partial charge in [-0.15, -0.1) is 0 Å². The minimum atomic E-state index is -0.0974. The lowest BCUT2D eigenvalue weighted by Crippen LogP contribution is -2.55. The second kappa shape index (κ2) is 8.74. The van der Waals surface area contributed by atoms with Gasteiger partial charge in [-0.25, -0.2) is 0 Å². The summed E-state index contributed by atoms with van der Waals surface area (Å²) in [4.78, 5) is 16.9. The Morgan fingerprint density at radius 1 is 1.26 bits per heavy atom. The molecule has 3 rings (SSSR count). The normalized spacial score (nSPS) is 25.7. The van der Waals surface area contributed by atoms with Crippen LogP contribution < -0.4 is 0 Å². The van der Waals surface area contributed by atoms with Gasteiger partial charge in [0.15, 0.2) is 0 Å². The van der Waals surface area contributed by atoms with E-state index >= 15 is 0 Å². The lowest BCUT2D eigenvalue weighted by molar-refractivity contribution is -0.178. The van der Waals surface area contributed by atoms with Gasteiger partial charge in [0.1, 0.15) is 0 Å². The van der Waals surface area contributed by atoms with Crippen LogP contribution in [0.1, 0.15) is 65.0 Å². The number of amides is 1. The number of ether oxygens (including phenoxy) is 1. The predicted octanol–water partition coefficient (Wildman–Crippen LogP) is 4.27. The summed E-state index contributed by atoms with van der Waals surface area (Å²) < 4.78 is 6.79. The molecular weight excluding hydrogens is 336 g/mol. The van der Waals surface area contributed by atoms with Crippen LogP contribution in [0.2, 0.25) is 0 Å². The Kier molecular flexibility index (Phi) is 6.59. The van der Waals surface area contributed by atoms with Crippen molar-refractivity contribution in [3.05, 3.63) is 35.9 Å². The lowest BCUT2D eigenvalue weighted by Gasteiger charge is -2.51.